The van der Waals surface area contributed by atoms with Crippen molar-refractivity contribution >= 4 is 25.6 Å². The normalized spacial score (nSPS) is 15.9. The Balaban J connectivity index is 2.36. The molecule has 1 heterocycles. The lowest BCUT2D eigenvalue weighted by molar-refractivity contribution is -0.186. The zero-order valence-corrected chi connectivity index (χ0v) is 11.5. The number of hydrogen-bond donors (Lipinski definition) is 0. The van der Waals surface area contributed by atoms with E-state index in [1.54, 1.807) is 0 Å². The van der Waals surface area contributed by atoms with E-state index in [0.29, 0.717) is 16.0 Å². The van der Waals surface area contributed by atoms with Crippen molar-refractivity contribution in [3.63, 3.8) is 0 Å². The predicted octanol–water partition coefficient (Wildman–Crippen LogP) is 2.06. The zero-order valence-electron chi connectivity index (χ0n) is 9.95. The van der Waals surface area contributed by atoms with Gasteiger partial charge in [-0.3, -0.25) is 4.79 Å². The summed E-state index contributed by atoms with van der Waals surface area (Å²) in [5.74, 6) is -1.93. The topological polar surface area (TPSA) is 54.5 Å². The van der Waals surface area contributed by atoms with E-state index >= 15 is 0 Å². The van der Waals surface area contributed by atoms with Gasteiger partial charge in [-0.1, -0.05) is 12.1 Å². The largest absolute Gasteiger partial charge is 0.471 e. The van der Waals surface area contributed by atoms with Crippen LogP contribution in [0, 0.1) is 0 Å². The molecule has 9 heteroatoms. The van der Waals surface area contributed by atoms with Gasteiger partial charge < -0.3 is 4.90 Å². The maximum absolute atomic E-state index is 12.4. The van der Waals surface area contributed by atoms with E-state index in [9.17, 15) is 26.4 Å². The number of carbonyl (C=O) groups is 1. The second kappa shape index (κ2) is 4.92. The molecular weight excluding hydrogens is 319 g/mol. The predicted molar refractivity (Wildman–Crippen MR) is 64.7 cm³/mol. The van der Waals surface area contributed by atoms with E-state index in [2.05, 4.69) is 0 Å². The Hall–Kier alpha value is -1.28. The van der Waals surface area contributed by atoms with E-state index in [-0.39, 0.29) is 24.4 Å². The van der Waals surface area contributed by atoms with Crippen LogP contribution in [0.1, 0.15) is 11.1 Å². The van der Waals surface area contributed by atoms with Gasteiger partial charge in [0.05, 0.1) is 4.90 Å². The van der Waals surface area contributed by atoms with Gasteiger partial charge in [0.1, 0.15) is 0 Å². The van der Waals surface area contributed by atoms with Crippen LogP contribution >= 0.6 is 10.7 Å². The molecule has 0 aliphatic carbocycles. The first-order valence-corrected chi connectivity index (χ1v) is 7.83. The number of carbonyl (C=O) groups excluding carboxylic acids is 1. The van der Waals surface area contributed by atoms with Crippen molar-refractivity contribution in [2.75, 3.05) is 6.54 Å². The second-order valence-corrected chi connectivity index (χ2v) is 6.84. The van der Waals surface area contributed by atoms with Crippen LogP contribution in [0.2, 0.25) is 0 Å². The molecule has 2 rings (SSSR count). The molecule has 0 saturated carbocycles. The van der Waals surface area contributed by atoms with Crippen molar-refractivity contribution in [2.24, 2.45) is 0 Å². The summed E-state index contributed by atoms with van der Waals surface area (Å²) in [6, 6.07) is 4.16. The van der Waals surface area contributed by atoms with Crippen LogP contribution in [-0.2, 0) is 26.8 Å². The summed E-state index contributed by atoms with van der Waals surface area (Å²) in [6.07, 6.45) is -4.92. The molecule has 0 spiro atoms. The van der Waals surface area contributed by atoms with Gasteiger partial charge in [-0.15, -0.1) is 0 Å². The fourth-order valence-corrected chi connectivity index (χ4v) is 3.36. The Kier molecular flexibility index (Phi) is 3.72. The Labute approximate surface area is 117 Å². The minimum absolute atomic E-state index is 0.0132. The van der Waals surface area contributed by atoms with Crippen molar-refractivity contribution < 1.29 is 26.4 Å². The van der Waals surface area contributed by atoms with Crippen molar-refractivity contribution in [3.8, 4) is 0 Å². The summed E-state index contributed by atoms with van der Waals surface area (Å²) < 4.78 is 59.9. The standard InChI is InChI=1S/C11H9ClF3NO3S/c12-20(18,19)9-3-1-2-7-6-16(5-4-8(7)9)10(17)11(13,14)15/h1-3H,4-6H2. The van der Waals surface area contributed by atoms with Crippen LogP contribution < -0.4 is 0 Å². The lowest BCUT2D eigenvalue weighted by Crippen LogP contribution is -2.43. The van der Waals surface area contributed by atoms with E-state index in [1.807, 2.05) is 0 Å². The summed E-state index contributed by atoms with van der Waals surface area (Å²) in [7, 11) is 1.31. The summed E-state index contributed by atoms with van der Waals surface area (Å²) in [4.78, 5) is 11.7. The van der Waals surface area contributed by atoms with Gasteiger partial charge in [0.25, 0.3) is 9.05 Å². The molecule has 4 nitrogen and oxygen atoms in total. The van der Waals surface area contributed by atoms with Gasteiger partial charge in [0, 0.05) is 23.8 Å². The molecule has 0 fully saturated rings. The summed E-state index contributed by atoms with van der Waals surface area (Å²) in [5, 5.41) is 0. The molecule has 1 amide bonds. The third-order valence-corrected chi connectivity index (χ3v) is 4.42. The fourth-order valence-electron chi connectivity index (χ4n) is 2.16. The molecule has 110 valence electrons. The number of rotatable bonds is 1. The molecule has 20 heavy (non-hydrogen) atoms. The van der Waals surface area contributed by atoms with Crippen LogP contribution in [0.5, 0.6) is 0 Å². The maximum Gasteiger partial charge on any atom is 0.471 e. The smallest absolute Gasteiger partial charge is 0.330 e. The summed E-state index contributed by atoms with van der Waals surface area (Å²) in [5.41, 5.74) is 0.726. The van der Waals surface area contributed by atoms with Crippen LogP contribution in [0.3, 0.4) is 0 Å². The van der Waals surface area contributed by atoms with E-state index in [1.165, 1.54) is 18.2 Å². The van der Waals surface area contributed by atoms with Crippen LogP contribution in [0.15, 0.2) is 23.1 Å². The average Bonchev–Trinajstić information content (AvgIpc) is 2.34. The maximum atomic E-state index is 12.4. The number of amides is 1. The molecule has 1 aromatic rings. The highest BCUT2D eigenvalue weighted by molar-refractivity contribution is 8.13. The molecule has 0 bridgehead atoms. The van der Waals surface area contributed by atoms with Crippen molar-refractivity contribution in [1.29, 1.82) is 0 Å². The number of hydrogen-bond acceptors (Lipinski definition) is 3. The Morgan fingerprint density at radius 1 is 1.30 bits per heavy atom. The third kappa shape index (κ3) is 2.90. The number of alkyl halides is 3. The molecule has 0 N–H and O–H groups in total. The quantitative estimate of drug-likeness (QED) is 0.742. The SMILES string of the molecule is O=C(N1CCc2c(cccc2S(=O)(=O)Cl)C1)C(F)(F)F. The average molecular weight is 328 g/mol. The highest BCUT2D eigenvalue weighted by Crippen LogP contribution is 2.29. The highest BCUT2D eigenvalue weighted by atomic mass is 35.7. The van der Waals surface area contributed by atoms with Crippen molar-refractivity contribution in [3.05, 3.63) is 29.3 Å². The second-order valence-electron chi connectivity index (χ2n) is 4.31. The third-order valence-electron chi connectivity index (χ3n) is 3.02. The van der Waals surface area contributed by atoms with Gasteiger partial charge in [-0.2, -0.15) is 13.2 Å². The van der Waals surface area contributed by atoms with Crippen molar-refractivity contribution in [2.45, 2.75) is 24.0 Å². The van der Waals surface area contributed by atoms with E-state index in [4.69, 9.17) is 10.7 Å². The van der Waals surface area contributed by atoms with Crippen LogP contribution in [-0.4, -0.2) is 31.9 Å². The molecular formula is C11H9ClF3NO3S. The number of halogens is 4. The Morgan fingerprint density at radius 3 is 2.50 bits per heavy atom. The molecule has 1 aromatic carbocycles. The molecule has 1 aliphatic rings. The summed E-state index contributed by atoms with van der Waals surface area (Å²) >= 11 is 0. The Morgan fingerprint density at radius 2 is 1.95 bits per heavy atom. The fraction of sp³-hybridized carbons (Fsp3) is 0.364. The zero-order chi connectivity index (χ0) is 15.1. The Bertz CT molecular complexity index is 657. The molecule has 0 saturated heterocycles. The minimum Gasteiger partial charge on any atom is -0.330 e. The molecule has 0 atom stereocenters. The molecule has 0 aromatic heterocycles. The van der Waals surface area contributed by atoms with Gasteiger partial charge in [0.2, 0.25) is 0 Å². The van der Waals surface area contributed by atoms with Gasteiger partial charge >= 0.3 is 12.1 Å². The first-order chi connectivity index (χ1) is 9.10. The number of nitrogens with zero attached hydrogens (tertiary/aromatic N) is 1. The molecule has 0 unspecified atom stereocenters. The first-order valence-electron chi connectivity index (χ1n) is 5.52. The van der Waals surface area contributed by atoms with Crippen molar-refractivity contribution in [1.82, 2.24) is 4.90 Å². The highest BCUT2D eigenvalue weighted by Gasteiger charge is 2.43. The van der Waals surface area contributed by atoms with E-state index in [0.717, 1.165) is 0 Å². The lowest BCUT2D eigenvalue weighted by atomic mass is 9.99. The minimum atomic E-state index is -4.94. The van der Waals surface area contributed by atoms with Gasteiger partial charge in [-0.25, -0.2) is 8.42 Å². The van der Waals surface area contributed by atoms with Gasteiger partial charge in [0.15, 0.2) is 0 Å². The first kappa shape index (κ1) is 15.1. The van der Waals surface area contributed by atoms with E-state index < -0.39 is 21.1 Å². The van der Waals surface area contributed by atoms with Gasteiger partial charge in [-0.05, 0) is 23.6 Å². The number of fused-ring (bicyclic) bond motifs is 1. The van der Waals surface area contributed by atoms with Crippen LogP contribution in [0.4, 0.5) is 13.2 Å². The van der Waals surface area contributed by atoms with Crippen LogP contribution in [0.25, 0.3) is 0 Å². The molecule has 0 radical (unpaired) electrons. The number of benzene rings is 1. The lowest BCUT2D eigenvalue weighted by Gasteiger charge is -2.30. The monoisotopic (exact) mass is 327 g/mol. The summed E-state index contributed by atoms with van der Waals surface area (Å²) in [6.45, 7) is -0.483. The molecule has 1 aliphatic heterocycles.